The molecular weight excluding hydrogens is 396 g/mol. The van der Waals surface area contributed by atoms with Gasteiger partial charge in [-0.1, -0.05) is 24.3 Å². The predicted octanol–water partition coefficient (Wildman–Crippen LogP) is 7.14. The highest BCUT2D eigenvalue weighted by Crippen LogP contribution is 2.32. The molecule has 0 aliphatic heterocycles. The molecule has 0 aliphatic rings. The van der Waals surface area contributed by atoms with Gasteiger partial charge in [-0.15, -0.1) is 0 Å². The second kappa shape index (κ2) is 10.4. The molecule has 4 heteroatoms. The molecule has 0 bridgehead atoms. The molecule has 0 amide bonds. The molecule has 0 heterocycles. The normalized spacial score (nSPS) is 11.4. The van der Waals surface area contributed by atoms with Crippen molar-refractivity contribution in [2.45, 2.75) is 13.8 Å². The third-order valence-corrected chi connectivity index (χ3v) is 4.96. The van der Waals surface area contributed by atoms with Crippen LogP contribution in [-0.2, 0) is 0 Å². The van der Waals surface area contributed by atoms with Gasteiger partial charge < -0.3 is 9.47 Å². The summed E-state index contributed by atoms with van der Waals surface area (Å²) >= 11 is 0. The molecule has 4 rings (SSSR count). The fraction of sp³-hybridized carbons (Fsp3) is 0.143. The van der Waals surface area contributed by atoms with Crippen LogP contribution in [0.4, 0.5) is 11.4 Å². The van der Waals surface area contributed by atoms with Crippen molar-refractivity contribution in [2.75, 3.05) is 13.2 Å². The lowest BCUT2D eigenvalue weighted by atomic mass is 10.1. The zero-order valence-electron chi connectivity index (χ0n) is 18.4. The average molecular weight is 423 g/mol. The third-order valence-electron chi connectivity index (χ3n) is 4.96. The summed E-state index contributed by atoms with van der Waals surface area (Å²) in [4.78, 5) is 9.47. The van der Waals surface area contributed by atoms with Crippen LogP contribution in [0.3, 0.4) is 0 Å². The van der Waals surface area contributed by atoms with Gasteiger partial charge in [-0.2, -0.15) is 0 Å². The van der Waals surface area contributed by atoms with Gasteiger partial charge in [-0.25, -0.2) is 0 Å². The zero-order chi connectivity index (χ0) is 22.2. The largest absolute Gasteiger partial charge is 0.494 e. The first kappa shape index (κ1) is 21.3. The van der Waals surface area contributed by atoms with Gasteiger partial charge in [0.05, 0.1) is 24.6 Å². The molecular formula is C28H26N2O2. The Balaban J connectivity index is 1.58. The van der Waals surface area contributed by atoms with E-state index in [0.717, 1.165) is 44.8 Å². The van der Waals surface area contributed by atoms with Crippen LogP contribution in [0.15, 0.2) is 94.9 Å². The molecule has 4 aromatic carbocycles. The Hall–Kier alpha value is -3.92. The van der Waals surface area contributed by atoms with Crippen molar-refractivity contribution in [1.29, 1.82) is 0 Å². The van der Waals surface area contributed by atoms with Crippen molar-refractivity contribution in [3.63, 3.8) is 0 Å². The van der Waals surface area contributed by atoms with Gasteiger partial charge >= 0.3 is 0 Å². The fourth-order valence-corrected chi connectivity index (χ4v) is 3.42. The molecule has 0 unspecified atom stereocenters. The van der Waals surface area contributed by atoms with E-state index in [-0.39, 0.29) is 0 Å². The number of ether oxygens (including phenoxy) is 2. The fourth-order valence-electron chi connectivity index (χ4n) is 3.42. The summed E-state index contributed by atoms with van der Waals surface area (Å²) in [6.45, 7) is 5.28. The molecule has 0 aliphatic carbocycles. The maximum atomic E-state index is 5.50. The van der Waals surface area contributed by atoms with E-state index in [2.05, 4.69) is 12.1 Å². The van der Waals surface area contributed by atoms with E-state index < -0.39 is 0 Å². The lowest BCUT2D eigenvalue weighted by Crippen LogP contribution is -1.91. The van der Waals surface area contributed by atoms with Crippen LogP contribution in [0.25, 0.3) is 10.8 Å². The first-order valence-corrected chi connectivity index (χ1v) is 10.8. The molecule has 4 nitrogen and oxygen atoms in total. The minimum absolute atomic E-state index is 0.660. The average Bonchev–Trinajstić information content (AvgIpc) is 2.83. The number of rotatable bonds is 8. The monoisotopic (exact) mass is 422 g/mol. The summed E-state index contributed by atoms with van der Waals surface area (Å²) in [5.41, 5.74) is 3.87. The van der Waals surface area contributed by atoms with Crippen LogP contribution >= 0.6 is 0 Å². The first-order chi connectivity index (χ1) is 15.8. The minimum atomic E-state index is 0.660. The first-order valence-electron chi connectivity index (χ1n) is 10.8. The molecule has 0 aromatic heterocycles. The van der Waals surface area contributed by atoms with E-state index in [1.165, 1.54) is 0 Å². The van der Waals surface area contributed by atoms with E-state index in [1.807, 2.05) is 99.1 Å². The van der Waals surface area contributed by atoms with Crippen molar-refractivity contribution in [3.05, 3.63) is 96.1 Å². The highest BCUT2D eigenvalue weighted by Gasteiger charge is 2.03. The third kappa shape index (κ3) is 5.22. The number of fused-ring (bicyclic) bond motifs is 1. The Kier molecular flexibility index (Phi) is 6.93. The number of hydrogen-bond donors (Lipinski definition) is 0. The van der Waals surface area contributed by atoms with E-state index in [1.54, 1.807) is 0 Å². The number of hydrogen-bond acceptors (Lipinski definition) is 4. The van der Waals surface area contributed by atoms with E-state index >= 15 is 0 Å². The smallest absolute Gasteiger partial charge is 0.119 e. The SMILES string of the molecule is CCOc1ccc(C=Nc2cccc3c(N=Cc4ccc(OCC)cc4)cccc23)cc1. The van der Waals surface area contributed by atoms with Crippen LogP contribution < -0.4 is 9.47 Å². The van der Waals surface area contributed by atoms with E-state index in [0.29, 0.717) is 13.2 Å². The van der Waals surface area contributed by atoms with Crippen molar-refractivity contribution >= 4 is 34.6 Å². The summed E-state index contributed by atoms with van der Waals surface area (Å²) < 4.78 is 11.0. The van der Waals surface area contributed by atoms with Crippen LogP contribution in [0.1, 0.15) is 25.0 Å². The van der Waals surface area contributed by atoms with Crippen molar-refractivity contribution in [2.24, 2.45) is 9.98 Å². The summed E-state index contributed by atoms with van der Waals surface area (Å²) in [5, 5.41) is 2.13. The summed E-state index contributed by atoms with van der Waals surface area (Å²) in [5.74, 6) is 1.73. The number of nitrogens with zero attached hydrogens (tertiary/aromatic N) is 2. The number of aliphatic imine (C=N–C) groups is 2. The van der Waals surface area contributed by atoms with Gasteiger partial charge in [-0.3, -0.25) is 9.98 Å². The molecule has 0 radical (unpaired) electrons. The maximum Gasteiger partial charge on any atom is 0.119 e. The Morgan fingerprint density at radius 2 is 0.969 bits per heavy atom. The maximum absolute atomic E-state index is 5.50. The summed E-state index contributed by atoms with van der Waals surface area (Å²) in [6.07, 6.45) is 3.75. The summed E-state index contributed by atoms with van der Waals surface area (Å²) in [6, 6.07) is 28.1. The Bertz CT molecular complexity index is 1130. The molecule has 0 saturated heterocycles. The standard InChI is InChI=1S/C28H26N2O2/c1-3-31-23-15-11-21(12-16-23)19-29-27-9-5-8-26-25(27)7-6-10-28(26)30-20-22-13-17-24(18-14-22)32-4-2/h5-20H,3-4H2,1-2H3. The van der Waals surface area contributed by atoms with E-state index in [4.69, 9.17) is 19.5 Å². The van der Waals surface area contributed by atoms with Gasteiger partial charge in [0.2, 0.25) is 0 Å². The minimum Gasteiger partial charge on any atom is -0.494 e. The quantitative estimate of drug-likeness (QED) is 0.283. The lowest BCUT2D eigenvalue weighted by molar-refractivity contribution is 0.340. The zero-order valence-corrected chi connectivity index (χ0v) is 18.4. The second-order valence-electron chi connectivity index (χ2n) is 7.17. The van der Waals surface area contributed by atoms with Crippen molar-refractivity contribution in [1.82, 2.24) is 0 Å². The number of benzene rings is 4. The van der Waals surface area contributed by atoms with Crippen LogP contribution in [0, 0.1) is 0 Å². The Labute approximate surface area is 188 Å². The molecule has 0 fully saturated rings. The summed E-state index contributed by atoms with van der Waals surface area (Å²) in [7, 11) is 0. The van der Waals surface area contributed by atoms with Crippen molar-refractivity contribution in [3.8, 4) is 11.5 Å². The lowest BCUT2D eigenvalue weighted by Gasteiger charge is -2.06. The topological polar surface area (TPSA) is 43.2 Å². The van der Waals surface area contributed by atoms with Gasteiger partial charge in [0.25, 0.3) is 0 Å². The molecule has 32 heavy (non-hydrogen) atoms. The Morgan fingerprint density at radius 1 is 0.562 bits per heavy atom. The van der Waals surface area contributed by atoms with Gasteiger partial charge in [0, 0.05) is 23.2 Å². The Morgan fingerprint density at radius 3 is 1.34 bits per heavy atom. The van der Waals surface area contributed by atoms with Gasteiger partial charge in [0.15, 0.2) is 0 Å². The van der Waals surface area contributed by atoms with Crippen molar-refractivity contribution < 1.29 is 9.47 Å². The highest BCUT2D eigenvalue weighted by atomic mass is 16.5. The molecule has 0 atom stereocenters. The predicted molar refractivity (Wildman–Crippen MR) is 134 cm³/mol. The van der Waals surface area contributed by atoms with Crippen LogP contribution in [-0.4, -0.2) is 25.6 Å². The molecule has 4 aromatic rings. The molecule has 0 saturated carbocycles. The van der Waals surface area contributed by atoms with Crippen LogP contribution in [0.2, 0.25) is 0 Å². The van der Waals surface area contributed by atoms with Crippen LogP contribution in [0.5, 0.6) is 11.5 Å². The second-order valence-corrected chi connectivity index (χ2v) is 7.17. The van der Waals surface area contributed by atoms with Gasteiger partial charge in [-0.05, 0) is 85.6 Å². The highest BCUT2D eigenvalue weighted by molar-refractivity contribution is 6.02. The van der Waals surface area contributed by atoms with E-state index in [9.17, 15) is 0 Å². The van der Waals surface area contributed by atoms with Gasteiger partial charge in [0.1, 0.15) is 11.5 Å². The molecule has 0 N–H and O–H groups in total. The molecule has 160 valence electrons. The molecule has 0 spiro atoms.